The van der Waals surface area contributed by atoms with Crippen molar-refractivity contribution in [2.75, 3.05) is 30.8 Å². The van der Waals surface area contributed by atoms with Crippen LogP contribution in [0.25, 0.3) is 0 Å². The molecule has 0 saturated heterocycles. The monoisotopic (exact) mass is 390 g/mol. The molecular formula is C18H19ClN4O4. The zero-order valence-electron chi connectivity index (χ0n) is 14.9. The molecule has 0 fully saturated rings. The van der Waals surface area contributed by atoms with E-state index in [0.717, 1.165) is 0 Å². The smallest absolute Gasteiger partial charge is 0.293 e. The van der Waals surface area contributed by atoms with Crippen molar-refractivity contribution in [2.45, 2.75) is 6.92 Å². The van der Waals surface area contributed by atoms with Crippen LogP contribution in [0.3, 0.4) is 0 Å². The Morgan fingerprint density at radius 2 is 1.70 bits per heavy atom. The Morgan fingerprint density at radius 3 is 2.33 bits per heavy atom. The molecule has 0 saturated carbocycles. The van der Waals surface area contributed by atoms with Crippen molar-refractivity contribution in [3.63, 3.8) is 0 Å². The first-order chi connectivity index (χ1) is 12.8. The van der Waals surface area contributed by atoms with Gasteiger partial charge in [-0.3, -0.25) is 24.6 Å². The summed E-state index contributed by atoms with van der Waals surface area (Å²) in [6, 6.07) is 11.4. The molecule has 2 aromatic carbocycles. The number of amides is 2. The fourth-order valence-electron chi connectivity index (χ4n) is 2.44. The number of para-hydroxylation sites is 2. The van der Waals surface area contributed by atoms with Crippen LogP contribution in [-0.4, -0.2) is 41.8 Å². The molecule has 2 aromatic rings. The van der Waals surface area contributed by atoms with Crippen LogP contribution >= 0.6 is 11.6 Å². The van der Waals surface area contributed by atoms with E-state index < -0.39 is 10.8 Å². The Morgan fingerprint density at radius 1 is 1.07 bits per heavy atom. The van der Waals surface area contributed by atoms with Crippen LogP contribution in [-0.2, 0) is 9.59 Å². The number of halogens is 1. The summed E-state index contributed by atoms with van der Waals surface area (Å²) < 4.78 is 0. The molecule has 27 heavy (non-hydrogen) atoms. The van der Waals surface area contributed by atoms with Crippen molar-refractivity contribution in [2.24, 2.45) is 0 Å². The maximum Gasteiger partial charge on any atom is 0.293 e. The predicted molar refractivity (Wildman–Crippen MR) is 104 cm³/mol. The first-order valence-corrected chi connectivity index (χ1v) is 8.42. The number of benzene rings is 2. The number of rotatable bonds is 7. The van der Waals surface area contributed by atoms with Crippen molar-refractivity contribution < 1.29 is 14.5 Å². The van der Waals surface area contributed by atoms with Gasteiger partial charge in [0.1, 0.15) is 5.69 Å². The van der Waals surface area contributed by atoms with Crippen LogP contribution in [0.4, 0.5) is 17.1 Å². The minimum Gasteiger partial charge on any atom is -0.324 e. The third kappa shape index (κ3) is 5.77. The first-order valence-electron chi connectivity index (χ1n) is 8.04. The zero-order valence-corrected chi connectivity index (χ0v) is 15.6. The van der Waals surface area contributed by atoms with Gasteiger partial charge in [0.05, 0.1) is 28.7 Å². The van der Waals surface area contributed by atoms with Gasteiger partial charge in [0, 0.05) is 6.07 Å². The van der Waals surface area contributed by atoms with Gasteiger partial charge in [-0.1, -0.05) is 35.9 Å². The minimum absolute atomic E-state index is 0.0471. The summed E-state index contributed by atoms with van der Waals surface area (Å²) in [4.78, 5) is 36.3. The van der Waals surface area contributed by atoms with Crippen molar-refractivity contribution in [3.05, 3.63) is 63.2 Å². The average molecular weight is 391 g/mol. The van der Waals surface area contributed by atoms with E-state index >= 15 is 0 Å². The molecular weight excluding hydrogens is 372 g/mol. The number of nitro benzene ring substituents is 1. The quantitative estimate of drug-likeness (QED) is 0.558. The Hall–Kier alpha value is -2.97. The van der Waals surface area contributed by atoms with Gasteiger partial charge in [0.25, 0.3) is 5.69 Å². The summed E-state index contributed by atoms with van der Waals surface area (Å²) in [5.41, 5.74) is 1.04. The maximum atomic E-state index is 12.2. The molecule has 0 atom stereocenters. The molecule has 0 radical (unpaired) electrons. The number of hydrogen-bond donors (Lipinski definition) is 2. The highest BCUT2D eigenvalue weighted by molar-refractivity contribution is 6.33. The van der Waals surface area contributed by atoms with Crippen molar-refractivity contribution in [1.29, 1.82) is 0 Å². The molecule has 0 aliphatic rings. The van der Waals surface area contributed by atoms with Crippen LogP contribution in [0.5, 0.6) is 0 Å². The van der Waals surface area contributed by atoms with E-state index in [1.807, 2.05) is 0 Å². The van der Waals surface area contributed by atoms with Gasteiger partial charge in [0.15, 0.2) is 0 Å². The number of nitro groups is 1. The Labute approximate surface area is 161 Å². The summed E-state index contributed by atoms with van der Waals surface area (Å²) in [6.07, 6.45) is 0. The second kappa shape index (κ2) is 9.11. The molecule has 2 N–H and O–H groups in total. The molecule has 2 amide bonds. The van der Waals surface area contributed by atoms with Gasteiger partial charge in [-0.25, -0.2) is 0 Å². The molecule has 0 spiro atoms. The number of carbonyl (C=O) groups is 2. The fourth-order valence-corrected chi connectivity index (χ4v) is 2.63. The number of nitrogens with one attached hydrogen (secondary N) is 2. The molecule has 0 aliphatic carbocycles. The third-order valence-corrected chi connectivity index (χ3v) is 4.02. The standard InChI is InChI=1S/C18H19ClN4O4/c1-12-6-5-9-15(23(26)27)18(12)21-17(25)11-22(2)10-16(24)20-14-8-4-3-7-13(14)19/h3-9H,10-11H2,1-2H3,(H,20,24)(H,21,25). The molecule has 0 heterocycles. The van der Waals surface area contributed by atoms with Gasteiger partial charge >= 0.3 is 0 Å². The largest absolute Gasteiger partial charge is 0.324 e. The molecule has 9 heteroatoms. The van der Waals surface area contributed by atoms with E-state index in [9.17, 15) is 19.7 Å². The minimum atomic E-state index is -0.552. The number of hydrogen-bond acceptors (Lipinski definition) is 5. The summed E-state index contributed by atoms with van der Waals surface area (Å²) in [6.45, 7) is 1.51. The second-order valence-electron chi connectivity index (χ2n) is 5.97. The van der Waals surface area contributed by atoms with E-state index in [2.05, 4.69) is 10.6 Å². The highest BCUT2D eigenvalue weighted by Gasteiger charge is 2.19. The van der Waals surface area contributed by atoms with Crippen molar-refractivity contribution in [1.82, 2.24) is 4.90 Å². The Balaban J connectivity index is 1.93. The highest BCUT2D eigenvalue weighted by Crippen LogP contribution is 2.27. The molecule has 0 aliphatic heterocycles. The number of likely N-dealkylation sites (N-methyl/N-ethyl adjacent to an activating group) is 1. The van der Waals surface area contributed by atoms with Crippen molar-refractivity contribution >= 4 is 40.5 Å². The normalized spacial score (nSPS) is 10.5. The molecule has 0 bridgehead atoms. The zero-order chi connectivity index (χ0) is 20.0. The summed E-state index contributed by atoms with van der Waals surface area (Å²) >= 11 is 5.99. The van der Waals surface area contributed by atoms with Gasteiger partial charge in [-0.15, -0.1) is 0 Å². The van der Waals surface area contributed by atoms with E-state index in [1.54, 1.807) is 50.4 Å². The Kier molecular flexibility index (Phi) is 6.86. The van der Waals surface area contributed by atoms with Gasteiger partial charge in [-0.2, -0.15) is 0 Å². The molecule has 8 nitrogen and oxygen atoms in total. The molecule has 0 unspecified atom stereocenters. The molecule has 0 aromatic heterocycles. The SMILES string of the molecule is Cc1cccc([N+](=O)[O-])c1NC(=O)CN(C)CC(=O)Nc1ccccc1Cl. The number of anilines is 2. The van der Waals surface area contributed by atoms with E-state index in [1.165, 1.54) is 11.0 Å². The lowest BCUT2D eigenvalue weighted by Gasteiger charge is -2.17. The second-order valence-corrected chi connectivity index (χ2v) is 6.38. The number of carbonyl (C=O) groups excluding carboxylic acids is 2. The van der Waals surface area contributed by atoms with Crippen LogP contribution in [0, 0.1) is 17.0 Å². The van der Waals surface area contributed by atoms with E-state index in [0.29, 0.717) is 16.3 Å². The summed E-state index contributed by atoms with van der Waals surface area (Å²) in [5.74, 6) is -0.791. The van der Waals surface area contributed by atoms with E-state index in [-0.39, 0.29) is 30.4 Å². The number of nitrogens with zero attached hydrogens (tertiary/aromatic N) is 2. The van der Waals surface area contributed by atoms with Crippen LogP contribution in [0.15, 0.2) is 42.5 Å². The predicted octanol–water partition coefficient (Wildman–Crippen LogP) is 3.07. The lowest BCUT2D eigenvalue weighted by atomic mass is 10.1. The van der Waals surface area contributed by atoms with Crippen LogP contribution in [0.1, 0.15) is 5.56 Å². The average Bonchev–Trinajstić information content (AvgIpc) is 2.58. The van der Waals surface area contributed by atoms with Crippen LogP contribution < -0.4 is 10.6 Å². The molecule has 2 rings (SSSR count). The summed E-state index contributed by atoms with van der Waals surface area (Å²) in [7, 11) is 1.60. The van der Waals surface area contributed by atoms with Crippen LogP contribution in [0.2, 0.25) is 5.02 Å². The highest BCUT2D eigenvalue weighted by atomic mass is 35.5. The lowest BCUT2D eigenvalue weighted by molar-refractivity contribution is -0.384. The van der Waals surface area contributed by atoms with Crippen molar-refractivity contribution in [3.8, 4) is 0 Å². The van der Waals surface area contributed by atoms with E-state index in [4.69, 9.17) is 11.6 Å². The number of aryl methyl sites for hydroxylation is 1. The van der Waals surface area contributed by atoms with Gasteiger partial charge in [0.2, 0.25) is 11.8 Å². The van der Waals surface area contributed by atoms with Gasteiger partial charge in [-0.05, 0) is 31.7 Å². The maximum absolute atomic E-state index is 12.2. The Bertz CT molecular complexity index is 872. The van der Waals surface area contributed by atoms with Gasteiger partial charge < -0.3 is 10.6 Å². The first kappa shape index (κ1) is 20.3. The topological polar surface area (TPSA) is 105 Å². The lowest BCUT2D eigenvalue weighted by Crippen LogP contribution is -2.36. The summed E-state index contributed by atoms with van der Waals surface area (Å²) in [5, 5.41) is 16.7. The fraction of sp³-hybridized carbons (Fsp3) is 0.222. The third-order valence-electron chi connectivity index (χ3n) is 3.69. The molecule has 142 valence electrons.